The first-order valence-corrected chi connectivity index (χ1v) is 6.19. The average molecular weight is 247 g/mol. The van der Waals surface area contributed by atoms with Gasteiger partial charge in [0.05, 0.1) is 17.5 Å². The van der Waals surface area contributed by atoms with Crippen LogP contribution in [0.2, 0.25) is 0 Å². The van der Waals surface area contributed by atoms with E-state index in [9.17, 15) is 9.90 Å². The van der Waals surface area contributed by atoms with Crippen LogP contribution in [-0.4, -0.2) is 17.6 Å². The molecule has 1 aromatic heterocycles. The van der Waals surface area contributed by atoms with Crippen LogP contribution >= 0.6 is 11.3 Å². The normalized spacial score (nSPS) is 12.1. The van der Waals surface area contributed by atoms with E-state index in [0.717, 1.165) is 5.56 Å². The van der Waals surface area contributed by atoms with Crippen molar-refractivity contribution in [2.45, 2.75) is 6.04 Å². The number of carbonyl (C=O) groups excluding carboxylic acids is 1. The van der Waals surface area contributed by atoms with Gasteiger partial charge in [-0.25, -0.2) is 0 Å². The topological polar surface area (TPSA) is 49.3 Å². The minimum Gasteiger partial charge on any atom is -0.394 e. The lowest BCUT2D eigenvalue weighted by Gasteiger charge is -2.15. The van der Waals surface area contributed by atoms with Gasteiger partial charge in [0.2, 0.25) is 0 Å². The maximum atomic E-state index is 11.8. The fraction of sp³-hybridized carbons (Fsp3) is 0.154. The highest BCUT2D eigenvalue weighted by atomic mass is 32.1. The molecule has 2 aromatic rings. The quantitative estimate of drug-likeness (QED) is 0.870. The van der Waals surface area contributed by atoms with Crippen molar-refractivity contribution >= 4 is 17.2 Å². The second kappa shape index (κ2) is 5.61. The monoisotopic (exact) mass is 247 g/mol. The average Bonchev–Trinajstić information content (AvgIpc) is 2.90. The molecule has 0 aliphatic rings. The van der Waals surface area contributed by atoms with Gasteiger partial charge in [0.25, 0.3) is 5.91 Å². The largest absolute Gasteiger partial charge is 0.394 e. The molecule has 0 radical (unpaired) electrons. The highest BCUT2D eigenvalue weighted by Crippen LogP contribution is 2.14. The minimum absolute atomic E-state index is 0.110. The summed E-state index contributed by atoms with van der Waals surface area (Å²) in [6.45, 7) is -0.110. The van der Waals surface area contributed by atoms with Crippen LogP contribution < -0.4 is 5.32 Å². The predicted molar refractivity (Wildman–Crippen MR) is 68.1 cm³/mol. The molecule has 0 saturated carbocycles. The number of amides is 1. The summed E-state index contributed by atoms with van der Waals surface area (Å²) in [5.41, 5.74) is 0.903. The third-order valence-electron chi connectivity index (χ3n) is 2.43. The number of benzene rings is 1. The molecular weight excluding hydrogens is 234 g/mol. The summed E-state index contributed by atoms with van der Waals surface area (Å²) in [6, 6.07) is 12.7. The molecule has 2 rings (SSSR count). The molecule has 0 fully saturated rings. The first kappa shape index (κ1) is 11.8. The molecule has 0 saturated heterocycles. The summed E-state index contributed by atoms with van der Waals surface area (Å²) in [6.07, 6.45) is 0. The Balaban J connectivity index is 2.09. The molecule has 4 heteroatoms. The van der Waals surface area contributed by atoms with Crippen molar-refractivity contribution in [3.05, 3.63) is 58.3 Å². The van der Waals surface area contributed by atoms with Crippen LogP contribution in [-0.2, 0) is 0 Å². The molecule has 1 heterocycles. The smallest absolute Gasteiger partial charge is 0.261 e. The summed E-state index contributed by atoms with van der Waals surface area (Å²) in [7, 11) is 0. The molecular formula is C13H13NO2S. The maximum Gasteiger partial charge on any atom is 0.261 e. The van der Waals surface area contributed by atoms with E-state index >= 15 is 0 Å². The van der Waals surface area contributed by atoms with E-state index in [-0.39, 0.29) is 18.6 Å². The van der Waals surface area contributed by atoms with Crippen molar-refractivity contribution in [1.82, 2.24) is 5.32 Å². The van der Waals surface area contributed by atoms with Crippen molar-refractivity contribution < 1.29 is 9.90 Å². The Morgan fingerprint density at radius 1 is 1.24 bits per heavy atom. The van der Waals surface area contributed by atoms with E-state index in [1.807, 2.05) is 41.8 Å². The molecule has 17 heavy (non-hydrogen) atoms. The molecule has 0 aliphatic heterocycles. The van der Waals surface area contributed by atoms with Gasteiger partial charge in [-0.3, -0.25) is 4.79 Å². The number of aliphatic hydroxyl groups excluding tert-OH is 1. The van der Waals surface area contributed by atoms with Gasteiger partial charge in [0.1, 0.15) is 0 Å². The second-order valence-electron chi connectivity index (χ2n) is 3.60. The molecule has 0 spiro atoms. The van der Waals surface area contributed by atoms with Crippen LogP contribution in [0.1, 0.15) is 21.3 Å². The predicted octanol–water partition coefficient (Wildman–Crippen LogP) is 2.21. The standard InChI is InChI=1S/C13H13NO2S/c15-9-11(10-5-2-1-3-6-10)14-13(16)12-7-4-8-17-12/h1-8,11,15H,9H2,(H,14,16). The number of hydrogen-bond donors (Lipinski definition) is 2. The van der Waals surface area contributed by atoms with Gasteiger partial charge in [-0.05, 0) is 17.0 Å². The van der Waals surface area contributed by atoms with Crippen molar-refractivity contribution in [2.24, 2.45) is 0 Å². The number of thiophene rings is 1. The Morgan fingerprint density at radius 2 is 2.00 bits per heavy atom. The molecule has 2 N–H and O–H groups in total. The third-order valence-corrected chi connectivity index (χ3v) is 3.30. The SMILES string of the molecule is O=C(NC(CO)c1ccccc1)c1cccs1. The van der Waals surface area contributed by atoms with E-state index in [4.69, 9.17) is 0 Å². The van der Waals surface area contributed by atoms with Gasteiger partial charge in [-0.15, -0.1) is 11.3 Å². The van der Waals surface area contributed by atoms with Crippen molar-refractivity contribution in [1.29, 1.82) is 0 Å². The van der Waals surface area contributed by atoms with Crippen LogP contribution in [0.25, 0.3) is 0 Å². The zero-order chi connectivity index (χ0) is 12.1. The number of hydrogen-bond acceptors (Lipinski definition) is 3. The van der Waals surface area contributed by atoms with E-state index in [0.29, 0.717) is 4.88 Å². The van der Waals surface area contributed by atoms with E-state index < -0.39 is 0 Å². The van der Waals surface area contributed by atoms with Crippen LogP contribution in [0.4, 0.5) is 0 Å². The van der Waals surface area contributed by atoms with E-state index in [2.05, 4.69) is 5.32 Å². The Labute approximate surface area is 104 Å². The number of rotatable bonds is 4. The summed E-state index contributed by atoms with van der Waals surface area (Å²) in [4.78, 5) is 12.5. The van der Waals surface area contributed by atoms with Gasteiger partial charge in [0, 0.05) is 0 Å². The summed E-state index contributed by atoms with van der Waals surface area (Å²) in [5, 5.41) is 14.0. The molecule has 1 amide bonds. The fourth-order valence-electron chi connectivity index (χ4n) is 1.56. The number of aliphatic hydroxyl groups is 1. The highest BCUT2D eigenvalue weighted by Gasteiger charge is 2.14. The number of carbonyl (C=O) groups is 1. The zero-order valence-electron chi connectivity index (χ0n) is 9.17. The molecule has 1 aromatic carbocycles. The first-order valence-electron chi connectivity index (χ1n) is 5.31. The molecule has 0 aliphatic carbocycles. The summed E-state index contributed by atoms with van der Waals surface area (Å²) in [5.74, 6) is -0.150. The first-order chi connectivity index (χ1) is 8.31. The minimum atomic E-state index is -0.356. The Hall–Kier alpha value is -1.65. The Kier molecular flexibility index (Phi) is 3.90. The van der Waals surface area contributed by atoms with Crippen molar-refractivity contribution in [3.63, 3.8) is 0 Å². The lowest BCUT2D eigenvalue weighted by Crippen LogP contribution is -2.30. The number of nitrogens with one attached hydrogen (secondary N) is 1. The van der Waals surface area contributed by atoms with Gasteiger partial charge >= 0.3 is 0 Å². The van der Waals surface area contributed by atoms with Crippen molar-refractivity contribution in [3.8, 4) is 0 Å². The molecule has 1 unspecified atom stereocenters. The Bertz CT molecular complexity index is 467. The molecule has 88 valence electrons. The lowest BCUT2D eigenvalue weighted by molar-refractivity contribution is 0.0920. The second-order valence-corrected chi connectivity index (χ2v) is 4.54. The molecule has 1 atom stereocenters. The van der Waals surface area contributed by atoms with Crippen LogP contribution in [0.3, 0.4) is 0 Å². The van der Waals surface area contributed by atoms with Gasteiger partial charge in [-0.1, -0.05) is 36.4 Å². The van der Waals surface area contributed by atoms with Crippen LogP contribution in [0, 0.1) is 0 Å². The van der Waals surface area contributed by atoms with Crippen LogP contribution in [0.15, 0.2) is 47.8 Å². The van der Waals surface area contributed by atoms with Gasteiger partial charge in [-0.2, -0.15) is 0 Å². The zero-order valence-corrected chi connectivity index (χ0v) is 9.98. The van der Waals surface area contributed by atoms with Crippen molar-refractivity contribution in [2.75, 3.05) is 6.61 Å². The highest BCUT2D eigenvalue weighted by molar-refractivity contribution is 7.12. The third kappa shape index (κ3) is 2.93. The van der Waals surface area contributed by atoms with Gasteiger partial charge < -0.3 is 10.4 Å². The fourth-order valence-corrected chi connectivity index (χ4v) is 2.18. The van der Waals surface area contributed by atoms with E-state index in [1.54, 1.807) is 6.07 Å². The Morgan fingerprint density at radius 3 is 2.59 bits per heavy atom. The molecule has 3 nitrogen and oxygen atoms in total. The van der Waals surface area contributed by atoms with Gasteiger partial charge in [0.15, 0.2) is 0 Å². The lowest BCUT2D eigenvalue weighted by atomic mass is 10.1. The van der Waals surface area contributed by atoms with Crippen LogP contribution in [0.5, 0.6) is 0 Å². The molecule has 0 bridgehead atoms. The summed E-state index contributed by atoms with van der Waals surface area (Å²) >= 11 is 1.39. The van der Waals surface area contributed by atoms with E-state index in [1.165, 1.54) is 11.3 Å². The summed E-state index contributed by atoms with van der Waals surface area (Å²) < 4.78 is 0. The maximum absolute atomic E-state index is 11.8.